The third kappa shape index (κ3) is 2.28. The van der Waals surface area contributed by atoms with Gasteiger partial charge in [0.2, 0.25) is 5.95 Å². The first kappa shape index (κ1) is 11.6. The Morgan fingerprint density at radius 2 is 2.35 bits per heavy atom. The van der Waals surface area contributed by atoms with Gasteiger partial charge in [-0.25, -0.2) is 4.98 Å². The van der Waals surface area contributed by atoms with Crippen LogP contribution < -0.4 is 10.5 Å². The summed E-state index contributed by atoms with van der Waals surface area (Å²) in [5.41, 5.74) is 0.429. The monoisotopic (exact) mass is 237 g/mol. The molecule has 0 unspecified atom stereocenters. The number of aromatic nitrogens is 4. The lowest BCUT2D eigenvalue weighted by atomic mass is 10.3. The largest absolute Gasteiger partial charge is 0.376 e. The maximum Gasteiger partial charge on any atom is 0.278 e. The van der Waals surface area contributed by atoms with Crippen molar-refractivity contribution in [2.75, 3.05) is 18.2 Å². The van der Waals surface area contributed by atoms with Crippen molar-refractivity contribution >= 4 is 17.1 Å². The summed E-state index contributed by atoms with van der Waals surface area (Å²) in [5, 5.41) is 9.26. The van der Waals surface area contributed by atoms with Crippen molar-refractivity contribution in [2.24, 2.45) is 0 Å². The molecule has 0 bridgehead atoms. The van der Waals surface area contributed by atoms with E-state index in [-0.39, 0.29) is 12.3 Å². The molecule has 0 atom stereocenters. The molecule has 0 radical (unpaired) electrons. The number of imidazole rings is 1. The second-order valence-corrected chi connectivity index (χ2v) is 3.75. The van der Waals surface area contributed by atoms with E-state index in [9.17, 15) is 9.90 Å². The third-order valence-corrected chi connectivity index (χ3v) is 2.54. The Morgan fingerprint density at radius 1 is 1.53 bits per heavy atom. The SMILES string of the molecule is CCCCN(CO)c1nc2nc[nH]c2c(=O)[nH]1. The van der Waals surface area contributed by atoms with Crippen LogP contribution in [0.25, 0.3) is 11.2 Å². The highest BCUT2D eigenvalue weighted by Crippen LogP contribution is 2.08. The first-order chi connectivity index (χ1) is 8.26. The number of anilines is 1. The van der Waals surface area contributed by atoms with Crippen LogP contribution in [-0.2, 0) is 0 Å². The lowest BCUT2D eigenvalue weighted by molar-refractivity contribution is 0.288. The normalized spacial score (nSPS) is 10.9. The van der Waals surface area contributed by atoms with Gasteiger partial charge in [0.1, 0.15) is 6.73 Å². The van der Waals surface area contributed by atoms with Crippen molar-refractivity contribution in [3.63, 3.8) is 0 Å². The number of H-pyrrole nitrogens is 2. The first-order valence-electron chi connectivity index (χ1n) is 5.55. The predicted octanol–water partition coefficient (Wildman–Crippen LogP) is 0.203. The smallest absolute Gasteiger partial charge is 0.278 e. The number of hydrogen-bond donors (Lipinski definition) is 3. The van der Waals surface area contributed by atoms with Crippen molar-refractivity contribution < 1.29 is 5.11 Å². The number of nitrogens with one attached hydrogen (secondary N) is 2. The zero-order valence-electron chi connectivity index (χ0n) is 9.60. The van der Waals surface area contributed by atoms with Gasteiger partial charge in [0.25, 0.3) is 5.56 Å². The number of fused-ring (bicyclic) bond motifs is 1. The molecule has 0 spiro atoms. The Hall–Kier alpha value is -1.89. The fourth-order valence-corrected chi connectivity index (χ4v) is 1.57. The molecule has 92 valence electrons. The Balaban J connectivity index is 2.36. The predicted molar refractivity (Wildman–Crippen MR) is 63.8 cm³/mol. The van der Waals surface area contributed by atoms with E-state index >= 15 is 0 Å². The molecule has 3 N–H and O–H groups in total. The van der Waals surface area contributed by atoms with Crippen LogP contribution in [0.5, 0.6) is 0 Å². The second kappa shape index (κ2) is 4.96. The lowest BCUT2D eigenvalue weighted by Crippen LogP contribution is -2.29. The summed E-state index contributed by atoms with van der Waals surface area (Å²) in [6.07, 6.45) is 3.35. The maximum absolute atomic E-state index is 11.7. The van der Waals surface area contributed by atoms with E-state index in [1.165, 1.54) is 6.33 Å². The van der Waals surface area contributed by atoms with Crippen LogP contribution in [0.3, 0.4) is 0 Å². The van der Waals surface area contributed by atoms with Crippen LogP contribution in [0.2, 0.25) is 0 Å². The zero-order chi connectivity index (χ0) is 12.3. The van der Waals surface area contributed by atoms with E-state index in [0.717, 1.165) is 12.8 Å². The highest BCUT2D eigenvalue weighted by molar-refractivity contribution is 5.69. The molecular formula is C10H15N5O2. The first-order valence-corrected chi connectivity index (χ1v) is 5.55. The van der Waals surface area contributed by atoms with Gasteiger partial charge in [-0.3, -0.25) is 9.78 Å². The van der Waals surface area contributed by atoms with Crippen LogP contribution in [0, 0.1) is 0 Å². The average Bonchev–Trinajstić information content (AvgIpc) is 2.79. The van der Waals surface area contributed by atoms with Gasteiger partial charge >= 0.3 is 0 Å². The van der Waals surface area contributed by atoms with E-state index in [1.807, 2.05) is 0 Å². The molecule has 2 rings (SSSR count). The van der Waals surface area contributed by atoms with Crippen molar-refractivity contribution in [3.8, 4) is 0 Å². The molecule has 7 heteroatoms. The molecule has 0 fully saturated rings. The van der Waals surface area contributed by atoms with Gasteiger partial charge in [-0.1, -0.05) is 13.3 Å². The minimum absolute atomic E-state index is 0.182. The fraction of sp³-hybridized carbons (Fsp3) is 0.500. The molecule has 0 aromatic carbocycles. The highest BCUT2D eigenvalue weighted by atomic mass is 16.3. The van der Waals surface area contributed by atoms with Gasteiger partial charge in [0.05, 0.1) is 6.33 Å². The lowest BCUT2D eigenvalue weighted by Gasteiger charge is -2.19. The topological polar surface area (TPSA) is 97.9 Å². The van der Waals surface area contributed by atoms with E-state index < -0.39 is 0 Å². The standard InChI is InChI=1S/C10H15N5O2/c1-2-3-4-15(6-16)10-13-8-7(9(17)14-10)11-5-12-8/h5,16H,2-4,6H2,1H3,(H2,11,12,13,14,17). The number of nitrogens with zero attached hydrogens (tertiary/aromatic N) is 3. The van der Waals surface area contributed by atoms with Gasteiger partial charge in [-0.2, -0.15) is 4.98 Å². The van der Waals surface area contributed by atoms with E-state index in [2.05, 4.69) is 26.9 Å². The molecule has 7 nitrogen and oxygen atoms in total. The molecule has 0 amide bonds. The van der Waals surface area contributed by atoms with Crippen LogP contribution in [0.1, 0.15) is 19.8 Å². The van der Waals surface area contributed by atoms with E-state index in [4.69, 9.17) is 0 Å². The summed E-state index contributed by atoms with van der Waals surface area (Å²) in [4.78, 5) is 26.8. The summed E-state index contributed by atoms with van der Waals surface area (Å²) < 4.78 is 0. The van der Waals surface area contributed by atoms with Crippen LogP contribution >= 0.6 is 0 Å². The van der Waals surface area contributed by atoms with Gasteiger partial charge in [-0.05, 0) is 6.42 Å². The second-order valence-electron chi connectivity index (χ2n) is 3.75. The minimum atomic E-state index is -0.280. The Morgan fingerprint density at radius 3 is 3.06 bits per heavy atom. The molecule has 17 heavy (non-hydrogen) atoms. The van der Waals surface area contributed by atoms with Crippen molar-refractivity contribution in [1.29, 1.82) is 0 Å². The van der Waals surface area contributed by atoms with Crippen LogP contribution in [0.4, 0.5) is 5.95 Å². The van der Waals surface area contributed by atoms with E-state index in [0.29, 0.717) is 23.7 Å². The third-order valence-electron chi connectivity index (χ3n) is 2.54. The van der Waals surface area contributed by atoms with Gasteiger partial charge < -0.3 is 15.0 Å². The maximum atomic E-state index is 11.7. The Kier molecular flexibility index (Phi) is 3.38. The van der Waals surface area contributed by atoms with Crippen LogP contribution in [0.15, 0.2) is 11.1 Å². The number of rotatable bonds is 5. The highest BCUT2D eigenvalue weighted by Gasteiger charge is 2.11. The summed E-state index contributed by atoms with van der Waals surface area (Å²) in [7, 11) is 0. The Bertz CT molecular complexity index is 547. The van der Waals surface area contributed by atoms with Crippen LogP contribution in [-0.4, -0.2) is 38.3 Å². The number of aliphatic hydroxyl groups is 1. The summed E-state index contributed by atoms with van der Waals surface area (Å²) in [6, 6.07) is 0. The molecule has 0 aliphatic carbocycles. The number of unbranched alkanes of at least 4 members (excludes halogenated alkanes) is 1. The van der Waals surface area contributed by atoms with Crippen molar-refractivity contribution in [1.82, 2.24) is 19.9 Å². The average molecular weight is 237 g/mol. The number of aromatic amines is 2. The molecule has 0 aliphatic heterocycles. The zero-order valence-corrected chi connectivity index (χ0v) is 9.60. The quantitative estimate of drug-likeness (QED) is 0.645. The van der Waals surface area contributed by atoms with Crippen molar-refractivity contribution in [3.05, 3.63) is 16.7 Å². The number of hydrogen-bond acceptors (Lipinski definition) is 5. The molecule has 0 saturated heterocycles. The molecule has 0 saturated carbocycles. The minimum Gasteiger partial charge on any atom is -0.376 e. The molecule has 0 aliphatic rings. The van der Waals surface area contributed by atoms with E-state index in [1.54, 1.807) is 4.90 Å². The molecule has 2 aromatic rings. The summed E-state index contributed by atoms with van der Waals surface area (Å²) in [6.45, 7) is 2.52. The molecule has 2 aromatic heterocycles. The summed E-state index contributed by atoms with van der Waals surface area (Å²) in [5.74, 6) is 0.352. The molecule has 2 heterocycles. The van der Waals surface area contributed by atoms with Gasteiger partial charge in [-0.15, -0.1) is 0 Å². The fourth-order valence-electron chi connectivity index (χ4n) is 1.57. The van der Waals surface area contributed by atoms with Gasteiger partial charge in [0, 0.05) is 6.54 Å². The summed E-state index contributed by atoms with van der Waals surface area (Å²) >= 11 is 0. The van der Waals surface area contributed by atoms with Crippen molar-refractivity contribution in [2.45, 2.75) is 19.8 Å². The van der Waals surface area contributed by atoms with Gasteiger partial charge in [0.15, 0.2) is 11.2 Å². The number of aliphatic hydroxyl groups excluding tert-OH is 1. The molecular weight excluding hydrogens is 222 g/mol. The Labute approximate surface area is 97.5 Å².